The standard InChI is InChI=1S/C69H57N3.C58H52N4/c1-41-31-42(2)34-45(33-41)67-51-21-10-9-19-47(51)52-37-57-65(39-54(52)67)71(62-27-15-12-24-55(62)68(57,5)6)60-29-17-23-49-48(60)22-18-30-61(49)72-63-28-16-13-25-56(63)69(7,8)58-38-53-50-20-11-14-26-59(50)70(64(53)40-66(58)72)46-35-43(3)32-44(4)36-46;1-57(2)47-21-13-15-23-51(47)61(53-33-45-43(31-49(53)57)39-17-9-11-19-41(39)55(45)59(5)6)37-27-25-36-30-38(28-26-35(36)29-37)62-52-24-16-14-22-48(52)58(3,4)50-32-44-40-18-10-12-20-42(40)56(60(7)8)46(44)34-54(50)62/h9-40,67H,1-8H3;9-34,55-56H,1-8H3. The van der Waals surface area contributed by atoms with Crippen LogP contribution in [0.5, 0.6) is 0 Å². The van der Waals surface area contributed by atoms with Gasteiger partial charge in [-0.25, -0.2) is 0 Å². The van der Waals surface area contributed by atoms with Crippen LogP contribution in [-0.2, 0) is 21.7 Å². The highest BCUT2D eigenvalue weighted by Crippen LogP contribution is 2.64. The first-order valence-electron chi connectivity index (χ1n) is 47.8. The number of hydrogen-bond donors (Lipinski definition) is 0. The Balaban J connectivity index is 0.000000145. The topological polar surface area (TPSA) is 24.4 Å². The van der Waals surface area contributed by atoms with Gasteiger partial charge in [-0.1, -0.05) is 291 Å². The Kier molecular flexibility index (Phi) is 17.9. The number of nitrogens with zero attached hydrogens (tertiary/aromatic N) is 7. The molecule has 3 unspecified atom stereocenters. The zero-order chi connectivity index (χ0) is 91.3. The van der Waals surface area contributed by atoms with E-state index in [1.807, 2.05) is 0 Å². The van der Waals surface area contributed by atoms with Gasteiger partial charge in [0.15, 0.2) is 0 Å². The van der Waals surface area contributed by atoms with Gasteiger partial charge in [0.2, 0.25) is 0 Å². The Morgan fingerprint density at radius 2 is 0.560 bits per heavy atom. The molecule has 0 bridgehead atoms. The van der Waals surface area contributed by atoms with Crippen molar-refractivity contribution in [3.63, 3.8) is 0 Å². The molecule has 19 aromatic rings. The highest BCUT2D eigenvalue weighted by molar-refractivity contribution is 6.14. The summed E-state index contributed by atoms with van der Waals surface area (Å²) in [7, 11) is 8.83. The fourth-order valence-corrected chi connectivity index (χ4v) is 25.5. The van der Waals surface area contributed by atoms with Gasteiger partial charge < -0.3 is 24.2 Å². The van der Waals surface area contributed by atoms with Crippen molar-refractivity contribution in [2.75, 3.05) is 47.8 Å². The number of aromatic nitrogens is 1. The molecule has 0 saturated carbocycles. The predicted molar refractivity (Wildman–Crippen MR) is 563 cm³/mol. The largest absolute Gasteiger partial charge is 0.310 e. The summed E-state index contributed by atoms with van der Waals surface area (Å²) in [4.78, 5) is 15.0. The Morgan fingerprint density at radius 3 is 1.01 bits per heavy atom. The zero-order valence-electron chi connectivity index (χ0n) is 79.3. The average Bonchev–Trinajstić information content (AvgIpc) is 1.31. The van der Waals surface area contributed by atoms with Crippen LogP contribution in [0.2, 0.25) is 0 Å². The maximum absolute atomic E-state index is 2.59. The third-order valence-corrected chi connectivity index (χ3v) is 31.5. The van der Waals surface area contributed by atoms with Gasteiger partial charge in [-0.05, 0) is 322 Å². The molecule has 0 spiro atoms. The number of para-hydroxylation sites is 5. The van der Waals surface area contributed by atoms with Crippen molar-refractivity contribution in [1.29, 1.82) is 0 Å². The van der Waals surface area contributed by atoms with Crippen LogP contribution in [0.15, 0.2) is 352 Å². The number of rotatable bonds is 8. The molecule has 7 aliphatic rings. The summed E-state index contributed by atoms with van der Waals surface area (Å²) < 4.78 is 2.49. The average molecular weight is 1730 g/mol. The van der Waals surface area contributed by atoms with Gasteiger partial charge in [-0.15, -0.1) is 0 Å². The minimum absolute atomic E-state index is 0.130. The molecule has 3 aliphatic carbocycles. The molecule has 5 heterocycles. The quantitative estimate of drug-likeness (QED) is 0.150. The summed E-state index contributed by atoms with van der Waals surface area (Å²) in [5.41, 5.74) is 50.8. The molecule has 0 amide bonds. The molecule has 3 atom stereocenters. The molecule has 7 heteroatoms. The minimum Gasteiger partial charge on any atom is -0.310 e. The summed E-state index contributed by atoms with van der Waals surface area (Å²) in [6.45, 7) is 28.1. The van der Waals surface area contributed by atoms with E-state index in [0.29, 0.717) is 0 Å². The van der Waals surface area contributed by atoms with Crippen molar-refractivity contribution in [1.82, 2.24) is 14.4 Å². The van der Waals surface area contributed by atoms with Crippen LogP contribution in [0.1, 0.15) is 179 Å². The van der Waals surface area contributed by atoms with Crippen molar-refractivity contribution in [2.24, 2.45) is 0 Å². The SMILES string of the molecule is CN(C)C1c2ccccc2-c2cc3c(cc21)N(c1ccc2cc(N4c5ccccc5C(C)(C)c5cc6c(cc54)C(N(C)C)c4ccccc4-6)ccc2c1)c1ccccc1C3(C)C.Cc1cc(C)cc(C2c3ccccc3-c3cc4c(cc32)N(c2cccc3c(N5c6ccccc6C(C)(C)c6cc7c8ccccc8n(-c8cc(C)cc(C)c8)c7cc65)cccc23)c2ccccc2C4(C)C)c1. The normalized spacial score (nSPS) is 16.9. The van der Waals surface area contributed by atoms with Crippen LogP contribution in [0.25, 0.3) is 82.4 Å². The van der Waals surface area contributed by atoms with Crippen LogP contribution >= 0.6 is 0 Å². The molecule has 0 saturated heterocycles. The van der Waals surface area contributed by atoms with Gasteiger partial charge in [0.05, 0.1) is 80.0 Å². The van der Waals surface area contributed by atoms with E-state index in [1.54, 1.807) is 0 Å². The van der Waals surface area contributed by atoms with E-state index in [2.05, 4.69) is 497 Å². The number of hydrogen-bond acceptors (Lipinski definition) is 6. The Bertz CT molecular complexity index is 8010. The fourth-order valence-electron chi connectivity index (χ4n) is 25.5. The fraction of sp³-hybridized carbons (Fsp3) is 0.181. The van der Waals surface area contributed by atoms with E-state index in [4.69, 9.17) is 0 Å². The number of aryl methyl sites for hydroxylation is 4. The molecule has 18 aromatic carbocycles. The maximum Gasteiger partial charge on any atom is 0.0609 e. The predicted octanol–water partition coefficient (Wildman–Crippen LogP) is 32.9. The lowest BCUT2D eigenvalue weighted by molar-refractivity contribution is 0.347. The molecule has 4 aliphatic heterocycles. The summed E-state index contributed by atoms with van der Waals surface area (Å²) in [5, 5.41) is 7.40. The lowest BCUT2D eigenvalue weighted by Gasteiger charge is -2.43. The molecule has 7 nitrogen and oxygen atoms in total. The molecule has 0 radical (unpaired) electrons. The van der Waals surface area contributed by atoms with E-state index in [1.165, 1.54) is 251 Å². The van der Waals surface area contributed by atoms with Gasteiger partial charge in [-0.2, -0.15) is 0 Å². The summed E-state index contributed by atoms with van der Waals surface area (Å²) in [6.07, 6.45) is 0. The second-order valence-corrected chi connectivity index (χ2v) is 41.6. The Labute approximate surface area is 787 Å². The third-order valence-electron chi connectivity index (χ3n) is 31.5. The lowest BCUT2D eigenvalue weighted by Crippen LogP contribution is -2.31. The van der Waals surface area contributed by atoms with Crippen molar-refractivity contribution >= 4 is 112 Å². The molecule has 134 heavy (non-hydrogen) atoms. The van der Waals surface area contributed by atoms with Crippen LogP contribution < -0.4 is 19.6 Å². The van der Waals surface area contributed by atoms with Crippen molar-refractivity contribution < 1.29 is 0 Å². The lowest BCUT2D eigenvalue weighted by atomic mass is 9.72. The van der Waals surface area contributed by atoms with Crippen molar-refractivity contribution in [3.8, 4) is 39.1 Å². The van der Waals surface area contributed by atoms with E-state index in [9.17, 15) is 0 Å². The van der Waals surface area contributed by atoms with Crippen molar-refractivity contribution in [3.05, 3.63) is 458 Å². The first-order valence-corrected chi connectivity index (χ1v) is 47.8. The van der Waals surface area contributed by atoms with Gasteiger partial charge in [0, 0.05) is 66.2 Å². The van der Waals surface area contributed by atoms with Crippen LogP contribution in [0, 0.1) is 27.7 Å². The van der Waals surface area contributed by atoms with Crippen LogP contribution in [0.4, 0.5) is 68.2 Å². The van der Waals surface area contributed by atoms with E-state index in [0.717, 1.165) is 5.69 Å². The summed E-state index contributed by atoms with van der Waals surface area (Å²) >= 11 is 0. The molecule has 1 aromatic heterocycles. The van der Waals surface area contributed by atoms with Crippen LogP contribution in [-0.4, -0.2) is 42.6 Å². The Morgan fingerprint density at radius 1 is 0.216 bits per heavy atom. The zero-order valence-corrected chi connectivity index (χ0v) is 79.3. The monoisotopic (exact) mass is 1730 g/mol. The molecular weight excluding hydrogens is 1620 g/mol. The molecule has 0 fully saturated rings. The molecule has 652 valence electrons. The van der Waals surface area contributed by atoms with E-state index in [-0.39, 0.29) is 39.7 Å². The summed E-state index contributed by atoms with van der Waals surface area (Å²) in [5.74, 6) is 0.130. The van der Waals surface area contributed by atoms with E-state index < -0.39 is 0 Å². The number of fused-ring (bicyclic) bond motifs is 22. The number of anilines is 12. The molecule has 26 rings (SSSR count). The highest BCUT2D eigenvalue weighted by Gasteiger charge is 2.47. The first-order chi connectivity index (χ1) is 64.8. The third kappa shape index (κ3) is 11.8. The highest BCUT2D eigenvalue weighted by atomic mass is 15.2. The maximum atomic E-state index is 2.59. The van der Waals surface area contributed by atoms with Gasteiger partial charge in [-0.3, -0.25) is 9.80 Å². The second-order valence-electron chi connectivity index (χ2n) is 41.6. The van der Waals surface area contributed by atoms with Gasteiger partial charge in [0.1, 0.15) is 0 Å². The van der Waals surface area contributed by atoms with Crippen LogP contribution in [0.3, 0.4) is 0 Å². The second kappa shape index (κ2) is 29.4. The van der Waals surface area contributed by atoms with Gasteiger partial charge in [0.25, 0.3) is 0 Å². The summed E-state index contributed by atoms with van der Waals surface area (Å²) in [6, 6.07) is 135. The van der Waals surface area contributed by atoms with Crippen molar-refractivity contribution in [2.45, 2.75) is 123 Å². The molecular formula is C127H109N7. The first kappa shape index (κ1) is 81.4. The smallest absolute Gasteiger partial charge is 0.0609 e. The van der Waals surface area contributed by atoms with Gasteiger partial charge >= 0.3 is 0 Å². The number of benzene rings is 18. The molecule has 0 N–H and O–H groups in total. The van der Waals surface area contributed by atoms with E-state index >= 15 is 0 Å². The minimum atomic E-state index is -0.265. The Hall–Kier alpha value is -14.6.